The van der Waals surface area contributed by atoms with E-state index >= 15 is 0 Å². The first-order valence-corrected chi connectivity index (χ1v) is 9.55. The van der Waals surface area contributed by atoms with Crippen LogP contribution in [-0.2, 0) is 14.8 Å². The normalized spacial score (nSPS) is 13.0. The maximum atomic E-state index is 12.9. The van der Waals surface area contributed by atoms with Crippen molar-refractivity contribution in [2.45, 2.75) is 31.2 Å². The molecule has 1 heterocycles. The summed E-state index contributed by atoms with van der Waals surface area (Å²) in [4.78, 5) is 12.3. The van der Waals surface area contributed by atoms with Gasteiger partial charge in [0.2, 0.25) is 15.9 Å². The monoisotopic (exact) mass is 415 g/mol. The van der Waals surface area contributed by atoms with Gasteiger partial charge < -0.3 is 9.84 Å². The molecule has 1 atom stereocenters. The highest BCUT2D eigenvalue weighted by Crippen LogP contribution is 2.21. The minimum Gasteiger partial charge on any atom is -0.363 e. The molecule has 1 aromatic carbocycles. The Bertz CT molecular complexity index is 776. The molecule has 0 fully saturated rings. The molecule has 9 heteroatoms. The van der Waals surface area contributed by atoms with Crippen molar-refractivity contribution < 1.29 is 17.7 Å². The Morgan fingerprint density at radius 2 is 2.00 bits per heavy atom. The lowest BCUT2D eigenvalue weighted by atomic mass is 10.2. The van der Waals surface area contributed by atoms with Gasteiger partial charge in [-0.1, -0.05) is 28.0 Å². The molecular formula is C15H18BrN3O4S. The fourth-order valence-corrected chi connectivity index (χ4v) is 3.95. The number of sulfonamides is 1. The van der Waals surface area contributed by atoms with Crippen molar-refractivity contribution in [3.05, 3.63) is 41.1 Å². The lowest BCUT2D eigenvalue weighted by Gasteiger charge is -2.27. The molecule has 0 radical (unpaired) electrons. The topological polar surface area (TPSA) is 92.5 Å². The van der Waals surface area contributed by atoms with E-state index in [-0.39, 0.29) is 23.3 Å². The molecule has 24 heavy (non-hydrogen) atoms. The summed E-state index contributed by atoms with van der Waals surface area (Å²) in [6, 6.07) is 7.46. The standard InChI is InChI=1S/C15H18BrN3O4S/c1-3-11(2)19(10-15(20)17-14-8-9-23-18-14)24(21,22)13-6-4-12(16)5-7-13/h4-9,11H,3,10H2,1-2H3,(H,17,18,20). The Hall–Kier alpha value is -1.71. The minimum atomic E-state index is -3.80. The van der Waals surface area contributed by atoms with E-state index in [2.05, 4.69) is 30.9 Å². The summed E-state index contributed by atoms with van der Waals surface area (Å²) in [6.45, 7) is 3.32. The maximum Gasteiger partial charge on any atom is 0.243 e. The molecule has 130 valence electrons. The number of halogens is 1. The Morgan fingerprint density at radius 1 is 1.33 bits per heavy atom. The Kier molecular flexibility index (Phi) is 6.14. The molecule has 0 aliphatic heterocycles. The summed E-state index contributed by atoms with van der Waals surface area (Å²) >= 11 is 3.28. The van der Waals surface area contributed by atoms with Crippen LogP contribution in [0.3, 0.4) is 0 Å². The Balaban J connectivity index is 2.24. The number of nitrogens with one attached hydrogen (secondary N) is 1. The zero-order valence-corrected chi connectivity index (χ0v) is 15.7. The molecule has 0 bridgehead atoms. The number of aromatic nitrogens is 1. The molecule has 0 spiro atoms. The summed E-state index contributed by atoms with van der Waals surface area (Å²) in [5.41, 5.74) is 0. The third-order valence-corrected chi connectivity index (χ3v) is 6.01. The van der Waals surface area contributed by atoms with E-state index in [9.17, 15) is 13.2 Å². The number of amides is 1. The molecule has 1 N–H and O–H groups in total. The van der Waals surface area contributed by atoms with Crippen molar-refractivity contribution in [3.8, 4) is 0 Å². The van der Waals surface area contributed by atoms with Crippen LogP contribution in [0.5, 0.6) is 0 Å². The average Bonchev–Trinajstić information content (AvgIpc) is 3.05. The summed E-state index contributed by atoms with van der Waals surface area (Å²) in [5.74, 6) is -0.241. The van der Waals surface area contributed by atoms with Gasteiger partial charge in [0.15, 0.2) is 5.82 Å². The van der Waals surface area contributed by atoms with Crippen LogP contribution in [0.4, 0.5) is 5.82 Å². The molecule has 1 amide bonds. The van der Waals surface area contributed by atoms with Crippen LogP contribution in [0, 0.1) is 0 Å². The van der Waals surface area contributed by atoms with Gasteiger partial charge in [0.25, 0.3) is 0 Å². The number of hydrogen-bond donors (Lipinski definition) is 1. The van der Waals surface area contributed by atoms with Gasteiger partial charge in [-0.15, -0.1) is 0 Å². The molecule has 2 rings (SSSR count). The van der Waals surface area contributed by atoms with Crippen molar-refractivity contribution in [1.82, 2.24) is 9.46 Å². The highest BCUT2D eigenvalue weighted by atomic mass is 79.9. The zero-order chi connectivity index (χ0) is 17.7. The molecule has 0 saturated heterocycles. The summed E-state index contributed by atoms with van der Waals surface area (Å²) < 4.78 is 32.4. The summed E-state index contributed by atoms with van der Waals surface area (Å²) in [6.07, 6.45) is 1.90. The fraction of sp³-hybridized carbons (Fsp3) is 0.333. The quantitative estimate of drug-likeness (QED) is 0.750. The molecule has 0 saturated carbocycles. The largest absolute Gasteiger partial charge is 0.363 e. The van der Waals surface area contributed by atoms with Crippen LogP contribution >= 0.6 is 15.9 Å². The van der Waals surface area contributed by atoms with Gasteiger partial charge in [0, 0.05) is 16.6 Å². The van der Waals surface area contributed by atoms with Crippen LogP contribution in [0.2, 0.25) is 0 Å². The molecule has 1 aromatic heterocycles. The van der Waals surface area contributed by atoms with Crippen LogP contribution in [0.25, 0.3) is 0 Å². The molecule has 1 unspecified atom stereocenters. The molecule has 7 nitrogen and oxygen atoms in total. The van der Waals surface area contributed by atoms with E-state index in [1.54, 1.807) is 19.1 Å². The van der Waals surface area contributed by atoms with Gasteiger partial charge in [-0.2, -0.15) is 4.31 Å². The van der Waals surface area contributed by atoms with Gasteiger partial charge in [0.1, 0.15) is 6.26 Å². The first-order chi connectivity index (χ1) is 11.3. The van der Waals surface area contributed by atoms with E-state index < -0.39 is 15.9 Å². The highest BCUT2D eigenvalue weighted by molar-refractivity contribution is 9.10. The number of carbonyl (C=O) groups excluding carboxylic acids is 1. The highest BCUT2D eigenvalue weighted by Gasteiger charge is 2.30. The van der Waals surface area contributed by atoms with Crippen LogP contribution in [-0.4, -0.2) is 36.4 Å². The van der Waals surface area contributed by atoms with E-state index in [4.69, 9.17) is 0 Å². The molecule has 2 aromatic rings. The molecule has 0 aliphatic carbocycles. The lowest BCUT2D eigenvalue weighted by Crippen LogP contribution is -2.43. The molecule has 0 aliphatic rings. The van der Waals surface area contributed by atoms with E-state index in [1.807, 2.05) is 6.92 Å². The zero-order valence-electron chi connectivity index (χ0n) is 13.3. The number of nitrogens with zero attached hydrogens (tertiary/aromatic N) is 2. The Labute approximate surface area is 149 Å². The number of anilines is 1. The van der Waals surface area contributed by atoms with Gasteiger partial charge in [-0.25, -0.2) is 8.42 Å². The van der Waals surface area contributed by atoms with Crippen molar-refractivity contribution >= 4 is 37.7 Å². The van der Waals surface area contributed by atoms with Gasteiger partial charge in [0.05, 0.1) is 11.4 Å². The van der Waals surface area contributed by atoms with Crippen molar-refractivity contribution in [2.75, 3.05) is 11.9 Å². The smallest absolute Gasteiger partial charge is 0.243 e. The number of rotatable bonds is 7. The van der Waals surface area contributed by atoms with Gasteiger partial charge in [-0.05, 0) is 37.6 Å². The molecular weight excluding hydrogens is 398 g/mol. The van der Waals surface area contributed by atoms with Crippen molar-refractivity contribution in [2.24, 2.45) is 0 Å². The van der Waals surface area contributed by atoms with Crippen LogP contribution in [0.1, 0.15) is 20.3 Å². The number of benzene rings is 1. The van der Waals surface area contributed by atoms with E-state index in [1.165, 1.54) is 28.8 Å². The van der Waals surface area contributed by atoms with Crippen molar-refractivity contribution in [1.29, 1.82) is 0 Å². The first-order valence-electron chi connectivity index (χ1n) is 7.32. The van der Waals surface area contributed by atoms with E-state index in [0.29, 0.717) is 6.42 Å². The predicted molar refractivity (Wildman–Crippen MR) is 92.9 cm³/mol. The lowest BCUT2D eigenvalue weighted by molar-refractivity contribution is -0.116. The SMILES string of the molecule is CCC(C)N(CC(=O)Nc1ccon1)S(=O)(=O)c1ccc(Br)cc1. The van der Waals surface area contributed by atoms with E-state index in [0.717, 1.165) is 4.47 Å². The fourth-order valence-electron chi connectivity index (χ4n) is 2.02. The predicted octanol–water partition coefficient (Wildman–Crippen LogP) is 2.87. The second-order valence-corrected chi connectivity index (χ2v) is 8.00. The first kappa shape index (κ1) is 18.6. The van der Waals surface area contributed by atoms with Crippen LogP contribution in [0.15, 0.2) is 50.5 Å². The van der Waals surface area contributed by atoms with Gasteiger partial charge in [-0.3, -0.25) is 4.79 Å². The average molecular weight is 416 g/mol. The number of carbonyl (C=O) groups is 1. The summed E-state index contributed by atoms with van der Waals surface area (Å²) in [5, 5.41) is 6.09. The second kappa shape index (κ2) is 7.91. The van der Waals surface area contributed by atoms with Gasteiger partial charge >= 0.3 is 0 Å². The Morgan fingerprint density at radius 3 is 2.54 bits per heavy atom. The minimum absolute atomic E-state index is 0.139. The van der Waals surface area contributed by atoms with Crippen molar-refractivity contribution in [3.63, 3.8) is 0 Å². The summed E-state index contributed by atoms with van der Waals surface area (Å²) in [7, 11) is -3.80. The maximum absolute atomic E-state index is 12.9. The third-order valence-electron chi connectivity index (χ3n) is 3.51. The number of hydrogen-bond acceptors (Lipinski definition) is 5. The van der Waals surface area contributed by atoms with Crippen LogP contribution < -0.4 is 5.32 Å². The second-order valence-electron chi connectivity index (χ2n) is 5.19. The third kappa shape index (κ3) is 4.43.